The topological polar surface area (TPSA) is 52.0 Å². The molecule has 0 fully saturated rings. The normalized spacial score (nSPS) is 11.2. The first-order valence-electron chi connectivity index (χ1n) is 22.2. The van der Waals surface area contributed by atoms with E-state index in [4.69, 9.17) is 11.5 Å². The first kappa shape index (κ1) is 40.7. The van der Waals surface area contributed by atoms with Gasteiger partial charge in [0.15, 0.2) is 0 Å². The summed E-state index contributed by atoms with van der Waals surface area (Å²) < 4.78 is 0. The van der Waals surface area contributed by atoms with E-state index >= 15 is 0 Å². The zero-order valence-corrected chi connectivity index (χ0v) is 37.7. The summed E-state index contributed by atoms with van der Waals surface area (Å²) in [5.74, 6) is 0. The van der Waals surface area contributed by atoms with Crippen LogP contribution in [0.1, 0.15) is 0 Å². The Kier molecular flexibility index (Phi) is 11.0. The number of thiophene rings is 2. The second-order valence-corrected chi connectivity index (χ2v) is 18.2. The van der Waals surface area contributed by atoms with Crippen molar-refractivity contribution in [2.75, 3.05) is 11.5 Å². The van der Waals surface area contributed by atoms with E-state index in [1.54, 1.807) is 22.7 Å². The van der Waals surface area contributed by atoms with Crippen LogP contribution >= 0.6 is 22.7 Å². The summed E-state index contributed by atoms with van der Waals surface area (Å²) in [6.45, 7) is 0. The van der Waals surface area contributed by atoms with Gasteiger partial charge in [0.1, 0.15) is 0 Å². The first-order valence-corrected chi connectivity index (χ1v) is 23.9. The second-order valence-electron chi connectivity index (χ2n) is 16.3. The number of nitrogens with two attached hydrogens (primary N) is 2. The van der Waals surface area contributed by atoms with Crippen molar-refractivity contribution in [2.24, 2.45) is 0 Å². The van der Waals surface area contributed by atoms with Crippen LogP contribution in [-0.4, -0.2) is 0 Å². The van der Waals surface area contributed by atoms with Gasteiger partial charge in [-0.15, -0.1) is 22.7 Å². The van der Waals surface area contributed by atoms with Crippen LogP contribution in [0.3, 0.4) is 0 Å². The third kappa shape index (κ3) is 7.33. The van der Waals surface area contributed by atoms with Crippen molar-refractivity contribution in [3.63, 3.8) is 0 Å². The lowest BCUT2D eigenvalue weighted by Crippen LogP contribution is -2.07. The molecule has 11 rings (SSSR count). The number of hydrogen-bond acceptors (Lipinski definition) is 4. The SMILES string of the molecule is Nc1c(N)c(-c2cccc(-c3ccccc3)c2-c2cccs2)c(-c2cccc(-c3ccccc3)c2-c2cccs2)c(-c2ccccc2)c1-c1cccc(-c2ccccc2)c1-c1ccccc1. The summed E-state index contributed by atoms with van der Waals surface area (Å²) in [4.78, 5) is 2.32. The van der Waals surface area contributed by atoms with E-state index in [0.29, 0.717) is 11.4 Å². The Bertz CT molecular complexity index is 3440. The van der Waals surface area contributed by atoms with E-state index in [-0.39, 0.29) is 0 Å². The largest absolute Gasteiger partial charge is 0.397 e. The third-order valence-electron chi connectivity index (χ3n) is 12.5. The average molecular weight is 881 g/mol. The molecule has 2 heterocycles. The Morgan fingerprint density at radius 3 is 0.894 bits per heavy atom. The molecule has 4 heteroatoms. The zero-order chi connectivity index (χ0) is 44.4. The molecule has 0 spiro atoms. The molecule has 0 unspecified atom stereocenters. The molecule has 0 radical (unpaired) electrons. The fourth-order valence-electron chi connectivity index (χ4n) is 9.66. The Hall–Kier alpha value is -8.02. The third-order valence-corrected chi connectivity index (χ3v) is 14.3. The van der Waals surface area contributed by atoms with Gasteiger partial charge in [-0.25, -0.2) is 0 Å². The molecule has 0 amide bonds. The van der Waals surface area contributed by atoms with Gasteiger partial charge in [0.25, 0.3) is 0 Å². The fourth-order valence-corrected chi connectivity index (χ4v) is 11.3. The number of hydrogen-bond donors (Lipinski definition) is 2. The van der Waals surface area contributed by atoms with Crippen molar-refractivity contribution in [2.45, 2.75) is 0 Å². The minimum Gasteiger partial charge on any atom is -0.397 e. The number of anilines is 2. The summed E-state index contributed by atoms with van der Waals surface area (Å²) in [6, 6.07) is 82.2. The average Bonchev–Trinajstić information content (AvgIpc) is 4.14. The van der Waals surface area contributed by atoms with E-state index in [1.165, 1.54) is 4.88 Å². The monoisotopic (exact) mass is 880 g/mol. The van der Waals surface area contributed by atoms with Crippen LogP contribution in [0.15, 0.2) is 241 Å². The highest BCUT2D eigenvalue weighted by Crippen LogP contribution is 2.58. The lowest BCUT2D eigenvalue weighted by atomic mass is 9.76. The Morgan fingerprint density at radius 1 is 0.212 bits per heavy atom. The predicted octanol–water partition coefficient (Wildman–Crippen LogP) is 17.6. The van der Waals surface area contributed by atoms with Gasteiger partial charge in [0.2, 0.25) is 0 Å². The van der Waals surface area contributed by atoms with Crippen molar-refractivity contribution >= 4 is 34.0 Å². The Balaban J connectivity index is 1.37. The van der Waals surface area contributed by atoms with Gasteiger partial charge in [-0.3, -0.25) is 0 Å². The molecule has 0 saturated carbocycles. The maximum absolute atomic E-state index is 7.89. The van der Waals surface area contributed by atoms with Crippen molar-refractivity contribution in [1.82, 2.24) is 0 Å². The van der Waals surface area contributed by atoms with Crippen LogP contribution in [0.4, 0.5) is 11.4 Å². The summed E-state index contributed by atoms with van der Waals surface area (Å²) in [7, 11) is 0. The van der Waals surface area contributed by atoms with Gasteiger partial charge in [-0.1, -0.05) is 218 Å². The van der Waals surface area contributed by atoms with E-state index in [0.717, 1.165) is 105 Å². The predicted molar refractivity (Wildman–Crippen MR) is 285 cm³/mol. The van der Waals surface area contributed by atoms with Gasteiger partial charge in [-0.2, -0.15) is 0 Å². The Labute approximate surface area is 394 Å². The summed E-state index contributed by atoms with van der Waals surface area (Å²) in [6.07, 6.45) is 0. The van der Waals surface area contributed by atoms with Gasteiger partial charge < -0.3 is 11.5 Å². The zero-order valence-electron chi connectivity index (χ0n) is 36.1. The van der Waals surface area contributed by atoms with E-state index in [9.17, 15) is 0 Å². The first-order chi connectivity index (χ1) is 32.7. The van der Waals surface area contributed by atoms with Crippen LogP contribution in [0.25, 0.3) is 110 Å². The van der Waals surface area contributed by atoms with Crippen LogP contribution in [0.5, 0.6) is 0 Å². The lowest BCUT2D eigenvalue weighted by Gasteiger charge is -2.29. The molecule has 2 nitrogen and oxygen atoms in total. The minimum atomic E-state index is 0.536. The molecule has 9 aromatic carbocycles. The van der Waals surface area contributed by atoms with Gasteiger partial charge >= 0.3 is 0 Å². The molecule has 314 valence electrons. The van der Waals surface area contributed by atoms with Crippen LogP contribution in [0, 0.1) is 0 Å². The molecular weight excluding hydrogens is 837 g/mol. The minimum absolute atomic E-state index is 0.536. The highest BCUT2D eigenvalue weighted by molar-refractivity contribution is 7.14. The number of rotatable bonds is 10. The molecule has 11 aromatic rings. The maximum Gasteiger partial charge on any atom is 0.0640 e. The summed E-state index contributed by atoms with van der Waals surface area (Å²) in [5, 5.41) is 4.32. The molecule has 4 N–H and O–H groups in total. The molecule has 0 aliphatic heterocycles. The number of benzene rings is 9. The molecule has 0 aliphatic carbocycles. The van der Waals surface area contributed by atoms with Crippen molar-refractivity contribution in [3.8, 4) is 110 Å². The van der Waals surface area contributed by atoms with Crippen LogP contribution < -0.4 is 11.5 Å². The van der Waals surface area contributed by atoms with E-state index < -0.39 is 0 Å². The highest BCUT2D eigenvalue weighted by atomic mass is 32.1. The molecular formula is C62H44N2S2. The van der Waals surface area contributed by atoms with Gasteiger partial charge in [0.05, 0.1) is 11.4 Å². The van der Waals surface area contributed by atoms with Gasteiger partial charge in [0, 0.05) is 43.1 Å². The van der Waals surface area contributed by atoms with Crippen molar-refractivity contribution in [1.29, 1.82) is 0 Å². The molecule has 0 saturated heterocycles. The number of nitrogen functional groups attached to an aromatic ring is 2. The van der Waals surface area contributed by atoms with Crippen molar-refractivity contribution in [3.05, 3.63) is 241 Å². The molecule has 0 atom stereocenters. The molecule has 66 heavy (non-hydrogen) atoms. The molecule has 0 aliphatic rings. The van der Waals surface area contributed by atoms with Crippen LogP contribution in [-0.2, 0) is 0 Å². The summed E-state index contributed by atoms with van der Waals surface area (Å²) >= 11 is 3.49. The standard InChI is InChI=1S/C62H44N2S2/c63-61-59(49-34-16-31-46(41-21-6-1-7-22-41)54(49)44-27-12-4-13-28-44)55(45-29-14-5-15-30-45)58(50-35-17-32-47(42-23-8-2-9-24-42)56(50)52-37-19-39-65-52)60(62(61)64)51-36-18-33-48(43-25-10-3-11-26-43)57(51)53-38-20-40-66-53/h1-40H,63-64H2. The highest BCUT2D eigenvalue weighted by Gasteiger charge is 2.31. The van der Waals surface area contributed by atoms with E-state index in [2.05, 4.69) is 241 Å². The van der Waals surface area contributed by atoms with Crippen LogP contribution in [0.2, 0.25) is 0 Å². The van der Waals surface area contributed by atoms with Crippen molar-refractivity contribution < 1.29 is 0 Å². The molecule has 0 bridgehead atoms. The second kappa shape index (κ2) is 17.9. The van der Waals surface area contributed by atoms with Gasteiger partial charge in [-0.05, 0) is 89.7 Å². The smallest absolute Gasteiger partial charge is 0.0640 e. The Morgan fingerprint density at radius 2 is 0.515 bits per heavy atom. The lowest BCUT2D eigenvalue weighted by molar-refractivity contribution is 1.52. The summed E-state index contributed by atoms with van der Waals surface area (Å²) in [5.41, 5.74) is 36.0. The molecule has 2 aromatic heterocycles. The quantitative estimate of drug-likeness (QED) is 0.134. The fraction of sp³-hybridized carbons (Fsp3) is 0. The maximum atomic E-state index is 7.89. The van der Waals surface area contributed by atoms with E-state index in [1.807, 2.05) is 0 Å².